The van der Waals surface area contributed by atoms with E-state index in [-0.39, 0.29) is 0 Å². The highest BCUT2D eigenvalue weighted by Crippen LogP contribution is 2.33. The van der Waals surface area contributed by atoms with Crippen LogP contribution in [0.4, 0.5) is 5.69 Å². The first kappa shape index (κ1) is 6.61. The van der Waals surface area contributed by atoms with Gasteiger partial charge in [0, 0.05) is 11.1 Å². The average molecular weight is 164 g/mol. The number of anilines is 1. The fourth-order valence-electron chi connectivity index (χ4n) is 0.980. The Hall–Kier alpha value is -1.09. The molecule has 0 radical (unpaired) electrons. The minimum absolute atomic E-state index is 0.809. The second-order valence-electron chi connectivity index (χ2n) is 2.29. The molecule has 0 spiro atoms. The Morgan fingerprint density at radius 1 is 1.27 bits per heavy atom. The van der Waals surface area contributed by atoms with Gasteiger partial charge in [-0.2, -0.15) is 0 Å². The van der Waals surface area contributed by atoms with Crippen LogP contribution in [-0.2, 0) is 0 Å². The second kappa shape index (κ2) is 2.51. The van der Waals surface area contributed by atoms with Crippen molar-refractivity contribution in [1.29, 1.82) is 0 Å². The molecule has 3 heteroatoms. The van der Waals surface area contributed by atoms with E-state index in [1.165, 1.54) is 4.90 Å². The Bertz CT molecular complexity index is 307. The number of nitrogens with one attached hydrogen (secondary N) is 1. The van der Waals surface area contributed by atoms with Crippen LogP contribution in [0.1, 0.15) is 0 Å². The van der Waals surface area contributed by atoms with Gasteiger partial charge in [0.25, 0.3) is 0 Å². The molecule has 0 atom stereocenters. The predicted octanol–water partition coefficient (Wildman–Crippen LogP) is 1.96. The van der Waals surface area contributed by atoms with E-state index in [4.69, 9.17) is 5.73 Å². The molecule has 1 aliphatic heterocycles. The van der Waals surface area contributed by atoms with Crippen molar-refractivity contribution in [2.24, 2.45) is 5.73 Å². The first-order valence-corrected chi connectivity index (χ1v) is 4.17. The van der Waals surface area contributed by atoms with Gasteiger partial charge in [0.05, 0.1) is 10.7 Å². The zero-order chi connectivity index (χ0) is 7.68. The Balaban J connectivity index is 2.42. The van der Waals surface area contributed by atoms with E-state index < -0.39 is 0 Å². The molecule has 0 amide bonds. The maximum absolute atomic E-state index is 5.61. The molecular formula is C8H8N2S. The summed E-state index contributed by atoms with van der Waals surface area (Å²) in [4.78, 5) is 1.19. The van der Waals surface area contributed by atoms with Crippen LogP contribution in [0.2, 0.25) is 0 Å². The number of nitrogens with two attached hydrogens (primary N) is 1. The third kappa shape index (κ3) is 1.19. The van der Waals surface area contributed by atoms with Crippen LogP contribution in [0.5, 0.6) is 0 Å². The second-order valence-corrected chi connectivity index (χ2v) is 3.40. The number of fused-ring (bicyclic) bond motifs is 1. The fourth-order valence-corrected chi connectivity index (χ4v) is 1.74. The smallest absolute Gasteiger partial charge is 0.0867 e. The van der Waals surface area contributed by atoms with Gasteiger partial charge in [-0.15, -0.1) is 0 Å². The van der Waals surface area contributed by atoms with Crippen molar-refractivity contribution in [2.75, 3.05) is 5.32 Å². The maximum Gasteiger partial charge on any atom is 0.0867 e. The summed E-state index contributed by atoms with van der Waals surface area (Å²) in [7, 11) is 0. The van der Waals surface area contributed by atoms with Crippen LogP contribution in [0.15, 0.2) is 40.4 Å². The van der Waals surface area contributed by atoms with E-state index >= 15 is 0 Å². The number of hydrogen-bond donors (Lipinski definition) is 2. The van der Waals surface area contributed by atoms with Gasteiger partial charge < -0.3 is 11.1 Å². The molecule has 1 aliphatic rings. The average Bonchev–Trinajstić information content (AvgIpc) is 2.04. The molecule has 0 aliphatic carbocycles. The summed E-state index contributed by atoms with van der Waals surface area (Å²) in [5.41, 5.74) is 6.74. The van der Waals surface area contributed by atoms with E-state index in [1.54, 1.807) is 11.8 Å². The highest BCUT2D eigenvalue weighted by Gasteiger charge is 2.06. The Labute approximate surface area is 69.5 Å². The normalized spacial score (nSPS) is 14.7. The topological polar surface area (TPSA) is 38.0 Å². The number of para-hydroxylation sites is 1. The van der Waals surface area contributed by atoms with Crippen molar-refractivity contribution in [3.63, 3.8) is 0 Å². The summed E-state index contributed by atoms with van der Waals surface area (Å²) in [5.74, 6) is 0. The molecule has 11 heavy (non-hydrogen) atoms. The molecule has 0 bridgehead atoms. The highest BCUT2D eigenvalue weighted by molar-refractivity contribution is 8.03. The molecule has 0 saturated heterocycles. The molecule has 2 nitrogen and oxygen atoms in total. The van der Waals surface area contributed by atoms with Crippen molar-refractivity contribution in [3.05, 3.63) is 35.5 Å². The van der Waals surface area contributed by atoms with E-state index in [9.17, 15) is 0 Å². The quantitative estimate of drug-likeness (QED) is 0.615. The van der Waals surface area contributed by atoms with E-state index in [0.717, 1.165) is 10.7 Å². The molecular weight excluding hydrogens is 156 g/mol. The molecule has 0 unspecified atom stereocenters. The predicted molar refractivity (Wildman–Crippen MR) is 48.2 cm³/mol. The zero-order valence-corrected chi connectivity index (χ0v) is 6.69. The number of thioether (sulfide) groups is 1. The van der Waals surface area contributed by atoms with Crippen molar-refractivity contribution >= 4 is 17.4 Å². The summed E-state index contributed by atoms with van der Waals surface area (Å²) >= 11 is 1.59. The standard InChI is InChI=1S/C8H8N2S/c9-8-5-10-6-3-1-2-4-7(6)11-8/h1-5,10H,9H2. The van der Waals surface area contributed by atoms with Crippen LogP contribution >= 0.6 is 11.8 Å². The SMILES string of the molecule is NC1=CNc2ccccc2S1. The van der Waals surface area contributed by atoms with Crippen LogP contribution in [0.3, 0.4) is 0 Å². The molecule has 1 heterocycles. The van der Waals surface area contributed by atoms with E-state index in [0.29, 0.717) is 0 Å². The van der Waals surface area contributed by atoms with Gasteiger partial charge >= 0.3 is 0 Å². The summed E-state index contributed by atoms with van der Waals surface area (Å²) in [6, 6.07) is 8.09. The lowest BCUT2D eigenvalue weighted by atomic mass is 10.3. The molecule has 3 N–H and O–H groups in total. The first-order chi connectivity index (χ1) is 5.36. The fraction of sp³-hybridized carbons (Fsp3) is 0. The van der Waals surface area contributed by atoms with Crippen LogP contribution in [0, 0.1) is 0 Å². The van der Waals surface area contributed by atoms with Crippen molar-refractivity contribution in [2.45, 2.75) is 4.90 Å². The van der Waals surface area contributed by atoms with Gasteiger partial charge in [0.1, 0.15) is 0 Å². The lowest BCUT2D eigenvalue weighted by Gasteiger charge is -2.13. The summed E-state index contributed by atoms with van der Waals surface area (Å²) in [6.45, 7) is 0. The lowest BCUT2D eigenvalue weighted by molar-refractivity contribution is 1.36. The minimum Gasteiger partial charge on any atom is -0.392 e. The number of benzene rings is 1. The van der Waals surface area contributed by atoms with Crippen molar-refractivity contribution in [1.82, 2.24) is 0 Å². The van der Waals surface area contributed by atoms with Gasteiger partial charge in [0.2, 0.25) is 0 Å². The maximum atomic E-state index is 5.61. The molecule has 2 rings (SSSR count). The van der Waals surface area contributed by atoms with Crippen LogP contribution in [-0.4, -0.2) is 0 Å². The van der Waals surface area contributed by atoms with Gasteiger partial charge in [-0.25, -0.2) is 0 Å². The number of rotatable bonds is 0. The van der Waals surface area contributed by atoms with Gasteiger partial charge in [0.15, 0.2) is 0 Å². The van der Waals surface area contributed by atoms with Crippen LogP contribution in [0.25, 0.3) is 0 Å². The third-order valence-electron chi connectivity index (χ3n) is 1.48. The van der Waals surface area contributed by atoms with E-state index in [1.807, 2.05) is 30.5 Å². The molecule has 0 fully saturated rings. The first-order valence-electron chi connectivity index (χ1n) is 3.35. The Morgan fingerprint density at radius 3 is 3.00 bits per heavy atom. The van der Waals surface area contributed by atoms with E-state index in [2.05, 4.69) is 5.32 Å². The molecule has 1 aromatic rings. The van der Waals surface area contributed by atoms with Crippen molar-refractivity contribution in [3.8, 4) is 0 Å². The minimum atomic E-state index is 0.809. The zero-order valence-electron chi connectivity index (χ0n) is 5.87. The largest absolute Gasteiger partial charge is 0.392 e. The van der Waals surface area contributed by atoms with Crippen LogP contribution < -0.4 is 11.1 Å². The number of hydrogen-bond acceptors (Lipinski definition) is 3. The molecule has 56 valence electrons. The van der Waals surface area contributed by atoms with Crippen molar-refractivity contribution < 1.29 is 0 Å². The summed E-state index contributed by atoms with van der Waals surface area (Å²) in [6.07, 6.45) is 1.81. The summed E-state index contributed by atoms with van der Waals surface area (Å²) in [5, 5.41) is 3.91. The third-order valence-corrected chi connectivity index (χ3v) is 2.41. The van der Waals surface area contributed by atoms with Gasteiger partial charge in [-0.05, 0) is 12.1 Å². The molecule has 0 aromatic heterocycles. The Morgan fingerprint density at radius 2 is 2.09 bits per heavy atom. The van der Waals surface area contributed by atoms with Gasteiger partial charge in [-0.1, -0.05) is 23.9 Å². The lowest BCUT2D eigenvalue weighted by Crippen LogP contribution is -2.03. The monoisotopic (exact) mass is 164 g/mol. The molecule has 1 aromatic carbocycles. The Kier molecular flexibility index (Phi) is 1.51. The highest BCUT2D eigenvalue weighted by atomic mass is 32.2. The molecule has 0 saturated carbocycles. The van der Waals surface area contributed by atoms with Gasteiger partial charge in [-0.3, -0.25) is 0 Å². The summed E-state index contributed by atoms with van der Waals surface area (Å²) < 4.78 is 0.